The van der Waals surface area contributed by atoms with Crippen LogP contribution in [0.5, 0.6) is 5.75 Å². The lowest BCUT2D eigenvalue weighted by atomic mass is 10.1. The molecule has 140 valence electrons. The van der Waals surface area contributed by atoms with Crippen molar-refractivity contribution in [1.29, 1.82) is 0 Å². The molecule has 0 unspecified atom stereocenters. The van der Waals surface area contributed by atoms with Crippen LogP contribution < -0.4 is 4.98 Å². The molecule has 2 aromatic carbocycles. The van der Waals surface area contributed by atoms with Gasteiger partial charge in [-0.3, -0.25) is 0 Å². The first-order chi connectivity index (χ1) is 12.8. The molecule has 3 aromatic rings. The third kappa shape index (κ3) is 7.43. The maximum absolute atomic E-state index is 10.4. The van der Waals surface area contributed by atoms with Gasteiger partial charge in [0, 0.05) is 12.1 Å². The summed E-state index contributed by atoms with van der Waals surface area (Å²) in [5.74, 6) is 0.302. The first-order valence-corrected chi connectivity index (χ1v) is 9.68. The van der Waals surface area contributed by atoms with Crippen LogP contribution in [-0.2, 0) is 16.5 Å². The van der Waals surface area contributed by atoms with E-state index in [1.165, 1.54) is 17.7 Å². The Kier molecular flexibility index (Phi) is 7.28. The molecule has 0 atom stereocenters. The van der Waals surface area contributed by atoms with Gasteiger partial charge in [-0.05, 0) is 48.7 Å². The van der Waals surface area contributed by atoms with Crippen molar-refractivity contribution in [3.63, 3.8) is 0 Å². The number of allylic oxidation sites excluding steroid dienone is 1. The molecule has 0 aliphatic rings. The van der Waals surface area contributed by atoms with Crippen molar-refractivity contribution in [3.05, 3.63) is 95.8 Å². The monoisotopic (exact) mass is 383 g/mol. The number of aromatic nitrogens is 1. The molecule has 6 heteroatoms. The van der Waals surface area contributed by atoms with Crippen molar-refractivity contribution in [2.75, 3.05) is 0 Å². The van der Waals surface area contributed by atoms with E-state index >= 15 is 0 Å². The van der Waals surface area contributed by atoms with Gasteiger partial charge in [0.2, 0.25) is 0 Å². The van der Waals surface area contributed by atoms with Gasteiger partial charge in [0.25, 0.3) is 0 Å². The minimum Gasteiger partial charge on any atom is -0.744 e. The summed E-state index contributed by atoms with van der Waals surface area (Å²) < 4.78 is 31.2. The van der Waals surface area contributed by atoms with Gasteiger partial charge in [-0.15, -0.1) is 0 Å². The second-order valence-electron chi connectivity index (χ2n) is 5.87. The summed E-state index contributed by atoms with van der Waals surface area (Å²) in [5, 5.41) is 9.13. The Labute approximate surface area is 159 Å². The molecule has 27 heavy (non-hydrogen) atoms. The van der Waals surface area contributed by atoms with Gasteiger partial charge in [-0.2, -0.15) is 0 Å². The zero-order chi connectivity index (χ0) is 19.7. The number of H-pyrrole nitrogens is 1. The average Bonchev–Trinajstić information content (AvgIpc) is 2.64. The largest absolute Gasteiger partial charge is 0.744 e. The summed E-state index contributed by atoms with van der Waals surface area (Å²) in [6.45, 7) is 1.82. The van der Waals surface area contributed by atoms with Gasteiger partial charge in [0.1, 0.15) is 15.9 Å². The Morgan fingerprint density at radius 3 is 2.11 bits per heavy atom. The fraction of sp³-hybridized carbons (Fsp3) is 0.0952. The first kappa shape index (κ1) is 20.4. The molecule has 0 aliphatic heterocycles. The number of rotatable bonds is 4. The molecule has 0 bridgehead atoms. The zero-order valence-electron chi connectivity index (χ0n) is 14.9. The predicted molar refractivity (Wildman–Crippen MR) is 103 cm³/mol. The quantitative estimate of drug-likeness (QED) is 0.699. The molecule has 1 aromatic heterocycles. The first-order valence-electron chi connectivity index (χ1n) is 8.28. The van der Waals surface area contributed by atoms with Crippen molar-refractivity contribution in [1.82, 2.24) is 0 Å². The van der Waals surface area contributed by atoms with Crippen LogP contribution in [0.15, 0.2) is 84.0 Å². The zero-order valence-corrected chi connectivity index (χ0v) is 15.7. The number of phenolic OH excluding ortho intramolecular Hbond substituents is 1. The van der Waals surface area contributed by atoms with Gasteiger partial charge in [0.15, 0.2) is 12.4 Å². The smallest absolute Gasteiger partial charge is 0.167 e. The summed E-state index contributed by atoms with van der Waals surface area (Å²) in [4.78, 5) is 2.82. The summed E-state index contributed by atoms with van der Waals surface area (Å²) in [6, 6.07) is 17.1. The van der Waals surface area contributed by atoms with Crippen LogP contribution in [0, 0.1) is 6.92 Å². The standard InChI is InChI=1S/C14H13NO.C7H8O3S/c16-14-6-4-12(5-7-14)2-1-3-13-8-10-15-11-9-13;1-6-2-4-7(5-3-6)11(8,9)10/h1-2,4-11,16H,3H2;2-5H,1H3,(H,8,9,10). The fourth-order valence-corrected chi connectivity index (χ4v) is 2.65. The summed E-state index contributed by atoms with van der Waals surface area (Å²) in [7, 11) is -4.27. The van der Waals surface area contributed by atoms with E-state index in [1.807, 2.05) is 31.5 Å². The van der Waals surface area contributed by atoms with Crippen molar-refractivity contribution >= 4 is 16.2 Å². The van der Waals surface area contributed by atoms with Gasteiger partial charge < -0.3 is 9.66 Å². The Balaban J connectivity index is 0.000000208. The minimum atomic E-state index is -4.27. The van der Waals surface area contributed by atoms with Crippen LogP contribution in [0.3, 0.4) is 0 Å². The molecule has 0 spiro atoms. The summed E-state index contributed by atoms with van der Waals surface area (Å²) >= 11 is 0. The van der Waals surface area contributed by atoms with E-state index in [0.29, 0.717) is 5.75 Å². The van der Waals surface area contributed by atoms with E-state index in [2.05, 4.69) is 29.3 Å². The number of phenols is 1. The maximum Gasteiger partial charge on any atom is 0.167 e. The maximum atomic E-state index is 10.4. The average molecular weight is 383 g/mol. The highest BCUT2D eigenvalue weighted by atomic mass is 32.2. The van der Waals surface area contributed by atoms with Crippen LogP contribution >= 0.6 is 0 Å². The van der Waals surface area contributed by atoms with Gasteiger partial charge in [-0.25, -0.2) is 13.4 Å². The van der Waals surface area contributed by atoms with Crippen LogP contribution in [0.4, 0.5) is 0 Å². The van der Waals surface area contributed by atoms with Crippen molar-refractivity contribution in [2.24, 2.45) is 0 Å². The van der Waals surface area contributed by atoms with Gasteiger partial charge in [0.05, 0.1) is 4.90 Å². The molecular formula is C21H21NO4S. The predicted octanol–water partition coefficient (Wildman–Crippen LogP) is 3.36. The molecule has 0 radical (unpaired) electrons. The molecular weight excluding hydrogens is 362 g/mol. The van der Waals surface area contributed by atoms with E-state index in [9.17, 15) is 13.0 Å². The molecule has 1 heterocycles. The lowest BCUT2D eigenvalue weighted by Crippen LogP contribution is -1.97. The molecule has 0 aliphatic carbocycles. The van der Waals surface area contributed by atoms with E-state index in [0.717, 1.165) is 17.5 Å². The van der Waals surface area contributed by atoms with Crippen molar-refractivity contribution in [2.45, 2.75) is 18.2 Å². The Hall–Kier alpha value is -2.96. The molecule has 0 fully saturated rings. The molecule has 2 N–H and O–H groups in total. The van der Waals surface area contributed by atoms with E-state index < -0.39 is 10.1 Å². The van der Waals surface area contributed by atoms with Crippen molar-refractivity contribution < 1.29 is 23.1 Å². The Morgan fingerprint density at radius 2 is 1.56 bits per heavy atom. The van der Waals surface area contributed by atoms with Crippen LogP contribution in [0.25, 0.3) is 6.08 Å². The number of aryl methyl sites for hydroxylation is 1. The lowest BCUT2D eigenvalue weighted by Gasteiger charge is -2.05. The number of pyridine rings is 1. The highest BCUT2D eigenvalue weighted by molar-refractivity contribution is 7.85. The van der Waals surface area contributed by atoms with Gasteiger partial charge >= 0.3 is 0 Å². The van der Waals surface area contributed by atoms with E-state index in [-0.39, 0.29) is 4.90 Å². The van der Waals surface area contributed by atoms with Gasteiger partial charge in [-0.1, -0.05) is 42.0 Å². The highest BCUT2D eigenvalue weighted by Gasteiger charge is 1.97. The van der Waals surface area contributed by atoms with E-state index in [4.69, 9.17) is 5.11 Å². The second-order valence-corrected chi connectivity index (χ2v) is 7.25. The lowest BCUT2D eigenvalue weighted by molar-refractivity contribution is -0.378. The van der Waals surface area contributed by atoms with Crippen LogP contribution in [0.1, 0.15) is 16.7 Å². The molecule has 0 saturated heterocycles. The number of aromatic amines is 1. The number of hydrogen-bond donors (Lipinski definition) is 1. The van der Waals surface area contributed by atoms with Crippen molar-refractivity contribution in [3.8, 4) is 5.75 Å². The third-order valence-electron chi connectivity index (χ3n) is 3.65. The minimum absolute atomic E-state index is 0.178. The molecule has 5 nitrogen and oxygen atoms in total. The van der Waals surface area contributed by atoms with E-state index in [1.54, 1.807) is 24.3 Å². The topological polar surface area (TPSA) is 91.6 Å². The number of benzene rings is 2. The van der Waals surface area contributed by atoms with Crippen LogP contribution in [-0.4, -0.2) is 18.1 Å². The summed E-state index contributed by atoms with van der Waals surface area (Å²) in [5.41, 5.74) is 3.30. The highest BCUT2D eigenvalue weighted by Crippen LogP contribution is 2.11. The fourth-order valence-electron chi connectivity index (χ4n) is 2.18. The summed E-state index contributed by atoms with van der Waals surface area (Å²) in [6.07, 6.45) is 8.92. The molecule has 3 rings (SSSR count). The SMILES string of the molecule is Cc1ccc(S(=O)(=O)[O-])cc1.Oc1ccc(C=CCc2cc[nH+]cc2)cc1. The number of nitrogens with one attached hydrogen (secondary N) is 1. The Bertz CT molecular complexity index is 965. The second kappa shape index (κ2) is 9.66. The normalized spacial score (nSPS) is 11.0. The Morgan fingerprint density at radius 1 is 0.963 bits per heavy atom. The molecule has 0 amide bonds. The molecule has 0 saturated carbocycles. The number of hydrogen-bond acceptors (Lipinski definition) is 4. The van der Waals surface area contributed by atoms with Crippen LogP contribution in [0.2, 0.25) is 0 Å². The number of aromatic hydroxyl groups is 1. The third-order valence-corrected chi connectivity index (χ3v) is 4.50.